The number of pyridine rings is 1. The molecule has 1 aliphatic rings. The van der Waals surface area contributed by atoms with Crippen LogP contribution in [0.3, 0.4) is 0 Å². The largest absolute Gasteiger partial charge is 0.340 e. The first-order chi connectivity index (χ1) is 9.74. The fraction of sp³-hybridized carbons (Fsp3) is 0.400. The molecule has 5 nitrogen and oxygen atoms in total. The fourth-order valence-corrected chi connectivity index (χ4v) is 2.73. The average Bonchev–Trinajstić information content (AvgIpc) is 2.95. The van der Waals surface area contributed by atoms with E-state index >= 15 is 0 Å². The van der Waals surface area contributed by atoms with Gasteiger partial charge in [-0.05, 0) is 24.5 Å². The van der Waals surface area contributed by atoms with E-state index in [0.717, 1.165) is 31.8 Å². The topological polar surface area (TPSA) is 51.0 Å². The number of nitrogens with zero attached hydrogens (tertiary/aromatic N) is 4. The van der Waals surface area contributed by atoms with Gasteiger partial charge in [0.15, 0.2) is 0 Å². The van der Waals surface area contributed by atoms with Crippen LogP contribution in [0.25, 0.3) is 0 Å². The van der Waals surface area contributed by atoms with Crippen LogP contribution in [-0.4, -0.2) is 38.9 Å². The van der Waals surface area contributed by atoms with Crippen molar-refractivity contribution in [1.29, 1.82) is 0 Å². The molecule has 104 valence electrons. The Kier molecular flexibility index (Phi) is 3.50. The predicted octanol–water partition coefficient (Wildman–Crippen LogP) is 1.61. The minimum absolute atomic E-state index is 0.0143. The number of hydrogen-bond donors (Lipinski definition) is 0. The van der Waals surface area contributed by atoms with Gasteiger partial charge in [-0.2, -0.15) is 0 Å². The first-order valence-electron chi connectivity index (χ1n) is 6.90. The molecule has 5 heteroatoms. The van der Waals surface area contributed by atoms with Gasteiger partial charge in [-0.25, -0.2) is 4.98 Å². The molecule has 0 N–H and O–H groups in total. The van der Waals surface area contributed by atoms with Crippen molar-refractivity contribution in [1.82, 2.24) is 19.4 Å². The van der Waals surface area contributed by atoms with E-state index in [1.165, 1.54) is 0 Å². The molecule has 3 heterocycles. The molecule has 20 heavy (non-hydrogen) atoms. The molecule has 3 rings (SSSR count). The van der Waals surface area contributed by atoms with Gasteiger partial charge in [-0.3, -0.25) is 9.78 Å². The maximum absolute atomic E-state index is 12.3. The van der Waals surface area contributed by atoms with Crippen molar-refractivity contribution in [3.8, 4) is 0 Å². The summed E-state index contributed by atoms with van der Waals surface area (Å²) < 4.78 is 2.19. The summed E-state index contributed by atoms with van der Waals surface area (Å²) in [5.41, 5.74) is 0.507. The molecule has 0 saturated heterocycles. The molecular weight excluding hydrogens is 252 g/mol. The van der Waals surface area contributed by atoms with Gasteiger partial charge in [0, 0.05) is 45.1 Å². The second-order valence-electron chi connectivity index (χ2n) is 5.30. The molecule has 1 atom stereocenters. The van der Waals surface area contributed by atoms with Crippen molar-refractivity contribution in [2.75, 3.05) is 13.6 Å². The zero-order valence-electron chi connectivity index (χ0n) is 11.6. The lowest BCUT2D eigenvalue weighted by Crippen LogP contribution is -2.35. The Hall–Kier alpha value is -2.17. The van der Waals surface area contributed by atoms with Crippen molar-refractivity contribution < 1.29 is 4.79 Å². The van der Waals surface area contributed by atoms with E-state index in [1.807, 2.05) is 31.6 Å². The number of aryl methyl sites for hydroxylation is 1. The Morgan fingerprint density at radius 1 is 1.40 bits per heavy atom. The highest BCUT2D eigenvalue weighted by molar-refractivity contribution is 5.92. The van der Waals surface area contributed by atoms with Gasteiger partial charge < -0.3 is 9.47 Å². The van der Waals surface area contributed by atoms with E-state index in [4.69, 9.17) is 0 Å². The highest BCUT2D eigenvalue weighted by Gasteiger charge is 2.22. The molecule has 1 amide bonds. The zero-order chi connectivity index (χ0) is 13.9. The van der Waals surface area contributed by atoms with Crippen molar-refractivity contribution in [3.63, 3.8) is 0 Å². The van der Waals surface area contributed by atoms with E-state index in [9.17, 15) is 4.79 Å². The summed E-state index contributed by atoms with van der Waals surface area (Å²) in [5.74, 6) is 1.59. The van der Waals surface area contributed by atoms with Crippen LogP contribution in [0, 0.1) is 5.92 Å². The third-order valence-electron chi connectivity index (χ3n) is 3.81. The molecule has 0 spiro atoms. The quantitative estimate of drug-likeness (QED) is 0.851. The SMILES string of the molecule is CN(CC1CCn2ccnc2C1)C(=O)c1ccccn1. The first kappa shape index (κ1) is 12.8. The van der Waals surface area contributed by atoms with Crippen LogP contribution in [-0.2, 0) is 13.0 Å². The number of carbonyl (C=O) groups excluding carboxylic acids is 1. The normalized spacial score (nSPS) is 17.6. The van der Waals surface area contributed by atoms with Crippen molar-refractivity contribution in [2.45, 2.75) is 19.4 Å². The van der Waals surface area contributed by atoms with Crippen LogP contribution >= 0.6 is 0 Å². The minimum atomic E-state index is -0.0143. The number of aromatic nitrogens is 3. The molecule has 0 fully saturated rings. The van der Waals surface area contributed by atoms with Crippen LogP contribution in [0.2, 0.25) is 0 Å². The van der Waals surface area contributed by atoms with Crippen LogP contribution in [0.5, 0.6) is 0 Å². The highest BCUT2D eigenvalue weighted by atomic mass is 16.2. The van der Waals surface area contributed by atoms with Crippen LogP contribution in [0.4, 0.5) is 0 Å². The van der Waals surface area contributed by atoms with Gasteiger partial charge in [0.25, 0.3) is 5.91 Å². The van der Waals surface area contributed by atoms with Gasteiger partial charge in [-0.15, -0.1) is 0 Å². The molecule has 2 aromatic rings. The Morgan fingerprint density at radius 2 is 2.30 bits per heavy atom. The summed E-state index contributed by atoms with van der Waals surface area (Å²) in [5, 5.41) is 0. The molecule has 1 unspecified atom stereocenters. The number of imidazole rings is 1. The lowest BCUT2D eigenvalue weighted by molar-refractivity contribution is 0.0758. The molecule has 0 saturated carbocycles. The third-order valence-corrected chi connectivity index (χ3v) is 3.81. The van der Waals surface area contributed by atoms with Gasteiger partial charge in [0.1, 0.15) is 11.5 Å². The van der Waals surface area contributed by atoms with E-state index in [-0.39, 0.29) is 5.91 Å². The number of rotatable bonds is 3. The van der Waals surface area contributed by atoms with E-state index in [1.54, 1.807) is 17.2 Å². The molecule has 0 bridgehead atoms. The van der Waals surface area contributed by atoms with Crippen LogP contribution in [0.1, 0.15) is 22.7 Å². The van der Waals surface area contributed by atoms with Gasteiger partial charge in [0.05, 0.1) is 0 Å². The summed E-state index contributed by atoms with van der Waals surface area (Å²) in [4.78, 5) is 22.5. The molecule has 0 aliphatic carbocycles. The molecular formula is C15H18N4O. The zero-order valence-corrected chi connectivity index (χ0v) is 11.6. The second-order valence-corrected chi connectivity index (χ2v) is 5.30. The Balaban J connectivity index is 1.63. The number of hydrogen-bond acceptors (Lipinski definition) is 3. The van der Waals surface area contributed by atoms with Crippen molar-refractivity contribution in [3.05, 3.63) is 48.3 Å². The molecule has 0 radical (unpaired) electrons. The lowest BCUT2D eigenvalue weighted by atomic mass is 9.97. The molecule has 1 aliphatic heterocycles. The number of fused-ring (bicyclic) bond motifs is 1. The summed E-state index contributed by atoms with van der Waals surface area (Å²) in [6.07, 6.45) is 7.54. The van der Waals surface area contributed by atoms with Gasteiger partial charge >= 0.3 is 0 Å². The predicted molar refractivity (Wildman–Crippen MR) is 75.2 cm³/mol. The average molecular weight is 270 g/mol. The smallest absolute Gasteiger partial charge is 0.272 e. The summed E-state index contributed by atoms with van der Waals surface area (Å²) >= 11 is 0. The number of amides is 1. The highest BCUT2D eigenvalue weighted by Crippen LogP contribution is 2.20. The van der Waals surface area contributed by atoms with E-state index in [2.05, 4.69) is 14.5 Å². The maximum Gasteiger partial charge on any atom is 0.272 e. The summed E-state index contributed by atoms with van der Waals surface area (Å²) in [6, 6.07) is 5.41. The molecule has 0 aromatic carbocycles. The van der Waals surface area contributed by atoms with Crippen molar-refractivity contribution >= 4 is 5.91 Å². The summed E-state index contributed by atoms with van der Waals surface area (Å²) in [7, 11) is 1.85. The fourth-order valence-electron chi connectivity index (χ4n) is 2.73. The van der Waals surface area contributed by atoms with Crippen molar-refractivity contribution in [2.24, 2.45) is 5.92 Å². The summed E-state index contributed by atoms with van der Waals surface area (Å²) in [6.45, 7) is 1.74. The third kappa shape index (κ3) is 2.57. The van der Waals surface area contributed by atoms with E-state index < -0.39 is 0 Å². The Morgan fingerprint density at radius 3 is 3.10 bits per heavy atom. The Labute approximate surface area is 118 Å². The monoisotopic (exact) mass is 270 g/mol. The molecule has 2 aromatic heterocycles. The maximum atomic E-state index is 12.3. The first-order valence-corrected chi connectivity index (χ1v) is 6.90. The second kappa shape index (κ2) is 5.45. The van der Waals surface area contributed by atoms with E-state index in [0.29, 0.717) is 11.6 Å². The standard InChI is InChI=1S/C15H18N4O/c1-18(15(20)13-4-2-3-6-16-13)11-12-5-8-19-9-7-17-14(19)10-12/h2-4,6-7,9,12H,5,8,10-11H2,1H3. The van der Waals surface area contributed by atoms with Gasteiger partial charge in [-0.1, -0.05) is 6.07 Å². The van der Waals surface area contributed by atoms with Gasteiger partial charge in [0.2, 0.25) is 0 Å². The Bertz CT molecular complexity index is 593. The number of carbonyl (C=O) groups is 1. The van der Waals surface area contributed by atoms with Crippen LogP contribution in [0.15, 0.2) is 36.8 Å². The lowest BCUT2D eigenvalue weighted by Gasteiger charge is -2.27. The minimum Gasteiger partial charge on any atom is -0.340 e. The van der Waals surface area contributed by atoms with Crippen LogP contribution < -0.4 is 0 Å².